The molecule has 5 bridgehead atoms. The minimum atomic E-state index is -0.923. The molecule has 0 radical (unpaired) electrons. The lowest BCUT2D eigenvalue weighted by molar-refractivity contribution is -0.157. The number of amides is 3. The minimum absolute atomic E-state index is 0.192. The molecular weight excluding hydrogens is 526 g/mol. The normalized spacial score (nSPS) is 28.2. The van der Waals surface area contributed by atoms with Gasteiger partial charge in [-0.1, -0.05) is 44.2 Å². The Morgan fingerprint density at radius 2 is 1.80 bits per heavy atom. The first-order valence-electron chi connectivity index (χ1n) is 14.1. The zero-order valence-electron chi connectivity index (χ0n) is 23.8. The summed E-state index contributed by atoms with van der Waals surface area (Å²) in [5, 5.41) is 7.92. The van der Waals surface area contributed by atoms with E-state index in [1.807, 2.05) is 56.3 Å². The fourth-order valence-electron chi connectivity index (χ4n) is 5.21. The van der Waals surface area contributed by atoms with E-state index in [4.69, 9.17) is 14.5 Å². The van der Waals surface area contributed by atoms with E-state index in [9.17, 15) is 19.2 Å². The van der Waals surface area contributed by atoms with E-state index < -0.39 is 41.5 Å². The summed E-state index contributed by atoms with van der Waals surface area (Å²) < 4.78 is 11.2. The Morgan fingerprint density at radius 1 is 1.05 bits per heavy atom. The third-order valence-electron chi connectivity index (χ3n) is 7.92. The average Bonchev–Trinajstić information content (AvgIpc) is 2.93. The van der Waals surface area contributed by atoms with Crippen LogP contribution < -0.4 is 16.1 Å². The van der Waals surface area contributed by atoms with E-state index in [1.165, 1.54) is 5.01 Å². The number of rotatable bonds is 1. The van der Waals surface area contributed by atoms with Crippen molar-refractivity contribution in [2.45, 2.75) is 64.8 Å². The molecule has 3 N–H and O–H groups in total. The van der Waals surface area contributed by atoms with Crippen molar-refractivity contribution in [3.8, 4) is 0 Å². The molecule has 5 rings (SSSR count). The Hall–Kier alpha value is -3.83. The molecular formula is C30H37N5O6. The maximum atomic E-state index is 13.5. The summed E-state index contributed by atoms with van der Waals surface area (Å²) in [6, 6.07) is 7.08. The number of hydrogen-bond acceptors (Lipinski definition) is 8. The number of benzene rings is 1. The van der Waals surface area contributed by atoms with Crippen molar-refractivity contribution in [2.24, 2.45) is 11.3 Å². The summed E-state index contributed by atoms with van der Waals surface area (Å²) in [7, 11) is 0. The van der Waals surface area contributed by atoms with Crippen LogP contribution in [-0.2, 0) is 28.7 Å². The quantitative estimate of drug-likeness (QED) is 0.448. The molecule has 4 atom stereocenters. The first-order chi connectivity index (χ1) is 19.6. The van der Waals surface area contributed by atoms with Crippen LogP contribution in [0, 0.1) is 11.3 Å². The van der Waals surface area contributed by atoms with Crippen molar-refractivity contribution in [3.63, 3.8) is 0 Å². The number of hydrazine groups is 1. The average molecular weight is 564 g/mol. The van der Waals surface area contributed by atoms with Gasteiger partial charge in [-0.3, -0.25) is 24.2 Å². The zero-order valence-corrected chi connectivity index (χ0v) is 23.8. The lowest BCUT2D eigenvalue weighted by Crippen LogP contribution is -2.62. The molecule has 11 nitrogen and oxygen atoms in total. The minimum Gasteiger partial charge on any atom is -0.455 e. The number of nitrogens with one attached hydrogen (secondary N) is 3. The van der Waals surface area contributed by atoms with Crippen molar-refractivity contribution < 1.29 is 28.7 Å². The van der Waals surface area contributed by atoms with Gasteiger partial charge in [-0.05, 0) is 50.3 Å². The van der Waals surface area contributed by atoms with Crippen molar-refractivity contribution >= 4 is 40.7 Å². The second kappa shape index (κ2) is 11.6. The molecule has 0 aliphatic carbocycles. The largest absolute Gasteiger partial charge is 0.455 e. The number of ether oxygens (including phenoxy) is 2. The molecule has 1 aromatic carbocycles. The number of cyclic esters (lactones) is 1. The molecule has 218 valence electrons. The lowest BCUT2D eigenvalue weighted by atomic mass is 9.83. The molecule has 2 saturated heterocycles. The second-order valence-corrected chi connectivity index (χ2v) is 11.5. The molecule has 3 unspecified atom stereocenters. The standard InChI is InChI=1S/C30H37N5O6/c1-17(2)25-26(36)31-18(3)27(37)35-13-5-6-23(34-35)28(38)41-19(4)22-10-9-21-8-7-20(14-24(21)32-22)11-12-30(15-40-16-30)29(39)33-25/h7-12,14,17-19,23,25,34H,5-6,13,15-16H2,1-4H3,(H,31,36)(H,33,39)/b12-11+/t18?,19-,23?,25?/m1/s1. The summed E-state index contributed by atoms with van der Waals surface area (Å²) in [5.41, 5.74) is 4.21. The van der Waals surface area contributed by atoms with E-state index in [0.29, 0.717) is 25.1 Å². The molecule has 3 aliphatic rings. The van der Waals surface area contributed by atoms with Crippen LogP contribution in [0.15, 0.2) is 36.4 Å². The Bertz CT molecular complexity index is 1390. The van der Waals surface area contributed by atoms with Gasteiger partial charge in [-0.2, -0.15) is 0 Å². The Morgan fingerprint density at radius 3 is 2.51 bits per heavy atom. The smallest absolute Gasteiger partial charge is 0.325 e. The van der Waals surface area contributed by atoms with Gasteiger partial charge in [0.1, 0.15) is 29.6 Å². The summed E-state index contributed by atoms with van der Waals surface area (Å²) in [6.45, 7) is 7.77. The van der Waals surface area contributed by atoms with E-state index in [1.54, 1.807) is 13.8 Å². The van der Waals surface area contributed by atoms with Crippen LogP contribution in [0.25, 0.3) is 17.0 Å². The third-order valence-corrected chi connectivity index (χ3v) is 7.92. The van der Waals surface area contributed by atoms with Crippen LogP contribution in [0.2, 0.25) is 0 Å². The monoisotopic (exact) mass is 563 g/mol. The highest BCUT2D eigenvalue weighted by Crippen LogP contribution is 2.31. The van der Waals surface area contributed by atoms with Gasteiger partial charge in [0, 0.05) is 11.9 Å². The number of esters is 1. The highest BCUT2D eigenvalue weighted by atomic mass is 16.5. The zero-order chi connectivity index (χ0) is 29.3. The molecule has 41 heavy (non-hydrogen) atoms. The molecule has 3 amide bonds. The van der Waals surface area contributed by atoms with E-state index in [2.05, 4.69) is 16.1 Å². The Kier molecular flexibility index (Phi) is 8.10. The molecule has 2 aromatic rings. The molecule has 4 heterocycles. The van der Waals surface area contributed by atoms with Crippen molar-refractivity contribution in [1.29, 1.82) is 0 Å². The van der Waals surface area contributed by atoms with Crippen LogP contribution in [-0.4, -0.2) is 71.6 Å². The molecule has 0 saturated carbocycles. The third kappa shape index (κ3) is 5.96. The Balaban J connectivity index is 1.50. The van der Waals surface area contributed by atoms with Gasteiger partial charge >= 0.3 is 5.97 Å². The number of carbonyl (C=O) groups excluding carboxylic acids is 4. The van der Waals surface area contributed by atoms with Crippen LogP contribution in [0.5, 0.6) is 0 Å². The number of hydrogen-bond donors (Lipinski definition) is 3. The van der Waals surface area contributed by atoms with Crippen molar-refractivity contribution in [1.82, 2.24) is 26.1 Å². The number of fused-ring (bicyclic) bond motifs is 4. The maximum Gasteiger partial charge on any atom is 0.325 e. The molecule has 11 heteroatoms. The topological polar surface area (TPSA) is 139 Å². The van der Waals surface area contributed by atoms with Gasteiger partial charge in [-0.15, -0.1) is 0 Å². The van der Waals surface area contributed by atoms with Gasteiger partial charge in [0.25, 0.3) is 5.91 Å². The summed E-state index contributed by atoms with van der Waals surface area (Å²) >= 11 is 0. The SMILES string of the molecule is CC1NC(=O)C(C(C)C)NC(=O)C2(/C=C/c3ccc4ccc(nc4c3)[C@@H](C)OC(=O)C3CCCN(N3)C1=O)COC2. The van der Waals surface area contributed by atoms with E-state index in [-0.39, 0.29) is 30.9 Å². The van der Waals surface area contributed by atoms with Crippen LogP contribution in [0.1, 0.15) is 57.9 Å². The number of pyridine rings is 1. The van der Waals surface area contributed by atoms with Crippen molar-refractivity contribution in [2.75, 3.05) is 19.8 Å². The van der Waals surface area contributed by atoms with E-state index in [0.717, 1.165) is 16.5 Å². The number of carbonyl (C=O) groups is 4. The maximum absolute atomic E-state index is 13.5. The highest BCUT2D eigenvalue weighted by Gasteiger charge is 2.45. The van der Waals surface area contributed by atoms with Crippen LogP contribution in [0.3, 0.4) is 0 Å². The first kappa shape index (κ1) is 28.7. The van der Waals surface area contributed by atoms with Crippen molar-refractivity contribution in [3.05, 3.63) is 47.7 Å². The van der Waals surface area contributed by atoms with Gasteiger partial charge in [0.2, 0.25) is 11.8 Å². The summed E-state index contributed by atoms with van der Waals surface area (Å²) in [5.74, 6) is -1.88. The predicted octanol–water partition coefficient (Wildman–Crippen LogP) is 2.02. The second-order valence-electron chi connectivity index (χ2n) is 11.5. The van der Waals surface area contributed by atoms with Crippen LogP contribution >= 0.6 is 0 Å². The van der Waals surface area contributed by atoms with E-state index >= 15 is 0 Å². The predicted molar refractivity (Wildman–Crippen MR) is 151 cm³/mol. The molecule has 1 aromatic heterocycles. The number of aromatic nitrogens is 1. The Labute approximate surface area is 239 Å². The number of nitrogens with zero attached hydrogens (tertiary/aromatic N) is 2. The lowest BCUT2D eigenvalue weighted by Gasteiger charge is -2.39. The van der Waals surface area contributed by atoms with Gasteiger partial charge in [0.05, 0.1) is 24.4 Å². The van der Waals surface area contributed by atoms with Gasteiger partial charge in [-0.25, -0.2) is 10.4 Å². The molecule has 2 fully saturated rings. The van der Waals surface area contributed by atoms with Gasteiger partial charge < -0.3 is 20.1 Å². The fourth-order valence-corrected chi connectivity index (χ4v) is 5.21. The first-order valence-corrected chi connectivity index (χ1v) is 14.1. The molecule has 1 spiro atoms. The van der Waals surface area contributed by atoms with Crippen LogP contribution in [0.4, 0.5) is 0 Å². The van der Waals surface area contributed by atoms with Gasteiger partial charge in [0.15, 0.2) is 0 Å². The molecule has 3 aliphatic heterocycles. The summed E-state index contributed by atoms with van der Waals surface area (Å²) in [4.78, 5) is 57.8. The highest BCUT2D eigenvalue weighted by molar-refractivity contribution is 5.94. The fraction of sp³-hybridized carbons (Fsp3) is 0.500. The summed E-state index contributed by atoms with van der Waals surface area (Å²) in [6.07, 6.45) is 4.15.